The summed E-state index contributed by atoms with van der Waals surface area (Å²) in [7, 11) is -4.20. The highest BCUT2D eigenvalue weighted by Gasteiger charge is 2.34. The van der Waals surface area contributed by atoms with Gasteiger partial charge in [-0.1, -0.05) is 77.5 Å². The predicted octanol–water partition coefficient (Wildman–Crippen LogP) is 6.63. The van der Waals surface area contributed by atoms with E-state index in [9.17, 15) is 18.0 Å². The molecule has 218 valence electrons. The summed E-state index contributed by atoms with van der Waals surface area (Å²) in [5, 5.41) is 4.01. The maximum Gasteiger partial charge on any atom is 0.264 e. The Kier molecular flexibility index (Phi) is 10.2. The Hall–Kier alpha value is -2.78. The van der Waals surface area contributed by atoms with Crippen molar-refractivity contribution in [1.82, 2.24) is 10.2 Å². The number of benzene rings is 3. The first kappa shape index (κ1) is 31.2. The van der Waals surface area contributed by atoms with E-state index in [0.717, 1.165) is 35.6 Å². The number of amides is 2. The molecule has 4 rings (SSSR count). The number of aryl methyl sites for hydroxylation is 1. The van der Waals surface area contributed by atoms with Crippen LogP contribution in [0.1, 0.15) is 43.7 Å². The highest BCUT2D eigenvalue weighted by Crippen LogP contribution is 2.29. The van der Waals surface area contributed by atoms with Gasteiger partial charge in [0.05, 0.1) is 10.6 Å². The van der Waals surface area contributed by atoms with Gasteiger partial charge in [0.25, 0.3) is 10.0 Å². The van der Waals surface area contributed by atoms with Gasteiger partial charge in [-0.05, 0) is 69.2 Å². The zero-order valence-electron chi connectivity index (χ0n) is 22.8. The lowest BCUT2D eigenvalue weighted by Crippen LogP contribution is -2.52. The lowest BCUT2D eigenvalue weighted by Gasteiger charge is -2.33. The van der Waals surface area contributed by atoms with Gasteiger partial charge in [0.1, 0.15) is 12.6 Å². The maximum absolute atomic E-state index is 14.1. The van der Waals surface area contributed by atoms with E-state index in [0.29, 0.717) is 20.6 Å². The molecule has 3 aromatic rings. The van der Waals surface area contributed by atoms with Crippen molar-refractivity contribution < 1.29 is 18.0 Å². The van der Waals surface area contributed by atoms with Gasteiger partial charge in [-0.2, -0.15) is 0 Å². The lowest BCUT2D eigenvalue weighted by molar-refractivity contribution is -0.139. The molecule has 1 aliphatic rings. The molecule has 0 radical (unpaired) electrons. The number of anilines is 1. The average molecular weight is 637 g/mol. The molecule has 0 heterocycles. The average Bonchev–Trinajstić information content (AvgIpc) is 3.44. The first-order valence-corrected chi connectivity index (χ1v) is 15.9. The van der Waals surface area contributed by atoms with Crippen molar-refractivity contribution >= 4 is 62.3 Å². The smallest absolute Gasteiger partial charge is 0.264 e. The number of sulfonamides is 1. The number of nitrogens with one attached hydrogen (secondary N) is 1. The fraction of sp³-hybridized carbons (Fsp3) is 0.333. The third-order valence-corrected chi connectivity index (χ3v) is 9.97. The number of halogens is 3. The van der Waals surface area contributed by atoms with Gasteiger partial charge in [-0.3, -0.25) is 13.9 Å². The van der Waals surface area contributed by atoms with E-state index in [2.05, 4.69) is 5.32 Å². The van der Waals surface area contributed by atoms with Crippen LogP contribution in [0.4, 0.5) is 5.69 Å². The Morgan fingerprint density at radius 2 is 1.56 bits per heavy atom. The number of carbonyl (C=O) groups is 2. The molecule has 1 saturated carbocycles. The highest BCUT2D eigenvalue weighted by atomic mass is 35.5. The van der Waals surface area contributed by atoms with E-state index < -0.39 is 28.5 Å². The normalized spacial score (nSPS) is 14.5. The molecular formula is C30H32Cl3N3O4S. The highest BCUT2D eigenvalue weighted by molar-refractivity contribution is 7.92. The van der Waals surface area contributed by atoms with Crippen LogP contribution in [-0.2, 0) is 26.2 Å². The summed E-state index contributed by atoms with van der Waals surface area (Å²) in [5.41, 5.74) is 1.56. The molecular weight excluding hydrogens is 605 g/mol. The number of hydrogen-bond acceptors (Lipinski definition) is 4. The van der Waals surface area contributed by atoms with Crippen LogP contribution in [0.5, 0.6) is 0 Å². The molecule has 0 aliphatic heterocycles. The molecule has 0 saturated heterocycles. The van der Waals surface area contributed by atoms with Gasteiger partial charge in [0, 0.05) is 33.2 Å². The van der Waals surface area contributed by atoms with E-state index >= 15 is 0 Å². The molecule has 41 heavy (non-hydrogen) atoms. The van der Waals surface area contributed by atoms with Gasteiger partial charge in [-0.25, -0.2) is 8.42 Å². The Bertz CT molecular complexity index is 1490. The summed E-state index contributed by atoms with van der Waals surface area (Å²) in [4.78, 5) is 28.7. The fourth-order valence-electron chi connectivity index (χ4n) is 4.83. The quantitative estimate of drug-likeness (QED) is 0.271. The molecule has 1 atom stereocenters. The lowest BCUT2D eigenvalue weighted by atomic mass is 10.1. The van der Waals surface area contributed by atoms with Crippen molar-refractivity contribution in [3.63, 3.8) is 0 Å². The van der Waals surface area contributed by atoms with Gasteiger partial charge in [0.2, 0.25) is 11.8 Å². The van der Waals surface area contributed by atoms with Crippen LogP contribution in [0.25, 0.3) is 0 Å². The van der Waals surface area contributed by atoms with Crippen LogP contribution >= 0.6 is 34.8 Å². The SMILES string of the molecule is Cc1ccc(S(=O)(=O)N(CC(=O)N(Cc2c(Cl)cccc2Cl)[C@@H](C)C(=O)NC2CCCC2)c2cccc(Cl)c2)cc1. The van der Waals surface area contributed by atoms with Crippen molar-refractivity contribution in [2.45, 2.75) is 63.1 Å². The summed E-state index contributed by atoms with van der Waals surface area (Å²) in [6, 6.07) is 16.7. The third kappa shape index (κ3) is 7.55. The van der Waals surface area contributed by atoms with Crippen molar-refractivity contribution in [3.8, 4) is 0 Å². The van der Waals surface area contributed by atoms with Crippen LogP contribution in [0.2, 0.25) is 15.1 Å². The minimum Gasteiger partial charge on any atom is -0.352 e. The Morgan fingerprint density at radius 1 is 0.951 bits per heavy atom. The van der Waals surface area contributed by atoms with Gasteiger partial charge in [0.15, 0.2) is 0 Å². The second-order valence-electron chi connectivity index (χ2n) is 10.2. The minimum atomic E-state index is -4.20. The van der Waals surface area contributed by atoms with E-state index in [-0.39, 0.29) is 29.1 Å². The van der Waals surface area contributed by atoms with Gasteiger partial charge >= 0.3 is 0 Å². The molecule has 0 spiro atoms. The minimum absolute atomic E-state index is 0.0172. The first-order chi connectivity index (χ1) is 19.5. The molecule has 0 unspecified atom stereocenters. The van der Waals surface area contributed by atoms with Crippen LogP contribution in [0.3, 0.4) is 0 Å². The second kappa shape index (κ2) is 13.5. The van der Waals surface area contributed by atoms with Gasteiger partial charge in [-0.15, -0.1) is 0 Å². The summed E-state index contributed by atoms with van der Waals surface area (Å²) >= 11 is 19.1. The van der Waals surface area contributed by atoms with Crippen molar-refractivity contribution in [3.05, 3.63) is 92.9 Å². The third-order valence-electron chi connectivity index (χ3n) is 7.24. The summed E-state index contributed by atoms with van der Waals surface area (Å²) in [6.07, 6.45) is 3.81. The van der Waals surface area contributed by atoms with Gasteiger partial charge < -0.3 is 10.2 Å². The molecule has 3 aromatic carbocycles. The van der Waals surface area contributed by atoms with E-state index in [1.807, 2.05) is 6.92 Å². The zero-order chi connectivity index (χ0) is 29.7. The second-order valence-corrected chi connectivity index (χ2v) is 13.3. The molecule has 11 heteroatoms. The van der Waals surface area contributed by atoms with Crippen LogP contribution in [-0.4, -0.2) is 43.8 Å². The standard InChI is InChI=1S/C30H32Cl3N3O4S/c1-20-13-15-25(16-14-20)41(39,40)36(24-10-5-7-22(31)17-24)19-29(37)35(18-26-27(32)11-6-12-28(26)33)21(2)30(38)34-23-8-3-4-9-23/h5-7,10-17,21,23H,3-4,8-9,18-19H2,1-2H3,(H,34,38)/t21-/m0/s1. The van der Waals surface area contributed by atoms with E-state index in [1.54, 1.807) is 55.5 Å². The summed E-state index contributed by atoms with van der Waals surface area (Å²) in [5.74, 6) is -0.935. The van der Waals surface area contributed by atoms with Crippen molar-refractivity contribution in [2.24, 2.45) is 0 Å². The molecule has 1 N–H and O–H groups in total. The fourth-order valence-corrected chi connectivity index (χ4v) is 6.93. The topological polar surface area (TPSA) is 86.8 Å². The van der Waals surface area contributed by atoms with E-state index in [1.165, 1.54) is 23.1 Å². The summed E-state index contributed by atoms with van der Waals surface area (Å²) < 4.78 is 28.8. The molecule has 7 nitrogen and oxygen atoms in total. The Morgan fingerprint density at radius 3 is 2.17 bits per heavy atom. The molecule has 1 aliphatic carbocycles. The molecule has 0 aromatic heterocycles. The molecule has 0 bridgehead atoms. The molecule has 2 amide bonds. The van der Waals surface area contributed by atoms with Crippen molar-refractivity contribution in [1.29, 1.82) is 0 Å². The van der Waals surface area contributed by atoms with Crippen molar-refractivity contribution in [2.75, 3.05) is 10.8 Å². The van der Waals surface area contributed by atoms with Crippen LogP contribution < -0.4 is 9.62 Å². The number of carbonyl (C=O) groups excluding carboxylic acids is 2. The monoisotopic (exact) mass is 635 g/mol. The van der Waals surface area contributed by atoms with Crippen LogP contribution in [0, 0.1) is 6.92 Å². The Labute approximate surface area is 256 Å². The summed E-state index contributed by atoms with van der Waals surface area (Å²) in [6.45, 7) is 2.79. The Balaban J connectivity index is 1.72. The zero-order valence-corrected chi connectivity index (χ0v) is 25.9. The van der Waals surface area contributed by atoms with Crippen LogP contribution in [0.15, 0.2) is 71.6 Å². The number of rotatable bonds is 10. The molecule has 1 fully saturated rings. The van der Waals surface area contributed by atoms with E-state index in [4.69, 9.17) is 34.8 Å². The largest absolute Gasteiger partial charge is 0.352 e. The predicted molar refractivity (Wildman–Crippen MR) is 164 cm³/mol. The number of hydrogen-bond donors (Lipinski definition) is 1. The maximum atomic E-state index is 14.1. The number of nitrogens with zero attached hydrogens (tertiary/aromatic N) is 2. The first-order valence-electron chi connectivity index (χ1n) is 13.3.